The Bertz CT molecular complexity index is 401. The van der Waals surface area contributed by atoms with E-state index in [-0.39, 0.29) is 5.56 Å². The minimum Gasteiger partial charge on any atom is -0.456 e. The Kier molecular flexibility index (Phi) is 3.91. The van der Waals surface area contributed by atoms with Gasteiger partial charge in [0.15, 0.2) is 0 Å². The summed E-state index contributed by atoms with van der Waals surface area (Å²) in [6.45, 7) is 5.19. The van der Waals surface area contributed by atoms with E-state index in [0.717, 1.165) is 0 Å². The molecule has 0 aliphatic carbocycles. The molecule has 0 saturated carbocycles. The largest absolute Gasteiger partial charge is 0.456 e. The van der Waals surface area contributed by atoms with Crippen molar-refractivity contribution in [1.29, 1.82) is 0 Å². The first-order valence-corrected chi connectivity index (χ1v) is 6.00. The number of halogens is 1. The van der Waals surface area contributed by atoms with Crippen molar-refractivity contribution in [3.8, 4) is 0 Å². The Hall–Kier alpha value is -1.10. The van der Waals surface area contributed by atoms with Gasteiger partial charge in [-0.1, -0.05) is 0 Å². The number of aromatic nitrogens is 1. The van der Waals surface area contributed by atoms with Gasteiger partial charge >= 0.3 is 5.97 Å². The first kappa shape index (κ1) is 13.0. The summed E-state index contributed by atoms with van der Waals surface area (Å²) in [5, 5.41) is 0.532. The van der Waals surface area contributed by atoms with Crippen LogP contribution in [0.15, 0.2) is 17.2 Å². The number of hydrogen-bond acceptors (Lipinski definition) is 4. The minimum atomic E-state index is -0.791. The molecular formula is C11H14FNO2S. The highest BCUT2D eigenvalue weighted by Gasteiger charge is 2.21. The fourth-order valence-corrected chi connectivity index (χ4v) is 1.39. The van der Waals surface area contributed by atoms with Crippen LogP contribution >= 0.6 is 11.8 Å². The Labute approximate surface area is 98.4 Å². The van der Waals surface area contributed by atoms with Crippen molar-refractivity contribution in [2.75, 3.05) is 6.26 Å². The van der Waals surface area contributed by atoms with Crippen LogP contribution < -0.4 is 0 Å². The van der Waals surface area contributed by atoms with Crippen LogP contribution in [0.5, 0.6) is 0 Å². The molecule has 16 heavy (non-hydrogen) atoms. The maximum Gasteiger partial charge on any atom is 0.343 e. The van der Waals surface area contributed by atoms with Crippen molar-refractivity contribution in [3.63, 3.8) is 0 Å². The molecule has 1 rings (SSSR count). The summed E-state index contributed by atoms with van der Waals surface area (Å²) in [5.41, 5.74) is -0.769. The van der Waals surface area contributed by atoms with Gasteiger partial charge in [0.05, 0.1) is 5.03 Å². The third-order valence-electron chi connectivity index (χ3n) is 1.65. The molecule has 5 heteroatoms. The van der Waals surface area contributed by atoms with E-state index in [4.69, 9.17) is 4.74 Å². The van der Waals surface area contributed by atoms with Crippen LogP contribution in [0.4, 0.5) is 4.39 Å². The smallest absolute Gasteiger partial charge is 0.343 e. The third-order valence-corrected chi connectivity index (χ3v) is 2.30. The van der Waals surface area contributed by atoms with E-state index in [0.29, 0.717) is 5.03 Å². The molecule has 0 saturated heterocycles. The van der Waals surface area contributed by atoms with Gasteiger partial charge in [0.1, 0.15) is 11.2 Å². The number of pyridine rings is 1. The van der Waals surface area contributed by atoms with E-state index in [9.17, 15) is 9.18 Å². The summed E-state index contributed by atoms with van der Waals surface area (Å²) in [6.07, 6.45) is 1.79. The quantitative estimate of drug-likeness (QED) is 0.455. The van der Waals surface area contributed by atoms with Gasteiger partial charge in [-0.2, -0.15) is 4.39 Å². The molecule has 88 valence electrons. The molecule has 0 N–H and O–H groups in total. The van der Waals surface area contributed by atoms with Gasteiger partial charge in [-0.05, 0) is 39.2 Å². The van der Waals surface area contributed by atoms with E-state index < -0.39 is 17.5 Å². The number of nitrogens with zero attached hydrogens (tertiary/aromatic N) is 1. The number of esters is 1. The summed E-state index contributed by atoms with van der Waals surface area (Å²) >= 11 is 1.31. The fraction of sp³-hybridized carbons (Fsp3) is 0.455. The molecule has 0 spiro atoms. The van der Waals surface area contributed by atoms with Crippen LogP contribution in [0.2, 0.25) is 0 Å². The highest BCUT2D eigenvalue weighted by atomic mass is 32.2. The number of thioether (sulfide) groups is 1. The van der Waals surface area contributed by atoms with Crippen molar-refractivity contribution in [2.24, 2.45) is 0 Å². The predicted molar refractivity (Wildman–Crippen MR) is 61.1 cm³/mol. The lowest BCUT2D eigenvalue weighted by Gasteiger charge is -2.19. The minimum absolute atomic E-state index is 0.132. The number of hydrogen-bond donors (Lipinski definition) is 0. The molecule has 3 nitrogen and oxygen atoms in total. The second-order valence-electron chi connectivity index (χ2n) is 4.19. The SMILES string of the molecule is CSc1ccc(C(=O)OC(C)(C)C)c(F)n1. The Morgan fingerprint density at radius 3 is 2.50 bits per heavy atom. The number of carbonyl (C=O) groups excluding carboxylic acids is 1. The van der Waals surface area contributed by atoms with E-state index in [2.05, 4.69) is 4.98 Å². The summed E-state index contributed by atoms with van der Waals surface area (Å²) in [7, 11) is 0. The van der Waals surface area contributed by atoms with Crippen molar-refractivity contribution < 1.29 is 13.9 Å². The standard InChI is InChI=1S/C11H14FNO2S/c1-11(2,3)15-10(14)7-5-6-8(16-4)13-9(7)12/h5-6H,1-4H3. The molecule has 0 radical (unpaired) electrons. The molecule has 0 atom stereocenters. The first-order chi connectivity index (χ1) is 7.33. The van der Waals surface area contributed by atoms with Gasteiger partial charge in [-0.3, -0.25) is 0 Å². The maximum atomic E-state index is 13.4. The van der Waals surface area contributed by atoms with E-state index >= 15 is 0 Å². The molecule has 0 aromatic carbocycles. The van der Waals surface area contributed by atoms with Gasteiger partial charge < -0.3 is 4.74 Å². The predicted octanol–water partition coefficient (Wildman–Crippen LogP) is 2.90. The van der Waals surface area contributed by atoms with Crippen molar-refractivity contribution in [2.45, 2.75) is 31.4 Å². The lowest BCUT2D eigenvalue weighted by molar-refractivity contribution is 0.00635. The van der Waals surface area contributed by atoms with E-state index in [1.54, 1.807) is 33.1 Å². The molecular weight excluding hydrogens is 229 g/mol. The summed E-state index contributed by atoms with van der Waals surface area (Å²) in [6, 6.07) is 2.98. The number of carbonyl (C=O) groups is 1. The van der Waals surface area contributed by atoms with Crippen LogP contribution in [0, 0.1) is 5.95 Å². The zero-order chi connectivity index (χ0) is 12.3. The Balaban J connectivity index is 2.93. The van der Waals surface area contributed by atoms with Gasteiger partial charge in [0.25, 0.3) is 0 Å². The lowest BCUT2D eigenvalue weighted by Crippen LogP contribution is -2.24. The zero-order valence-electron chi connectivity index (χ0n) is 9.70. The molecule has 1 aromatic rings. The van der Waals surface area contributed by atoms with Crippen LogP contribution in [-0.4, -0.2) is 22.8 Å². The second-order valence-corrected chi connectivity index (χ2v) is 5.02. The molecule has 0 fully saturated rings. The Morgan fingerprint density at radius 2 is 2.06 bits per heavy atom. The van der Waals surface area contributed by atoms with Crippen LogP contribution in [0.25, 0.3) is 0 Å². The molecule has 0 bridgehead atoms. The highest BCUT2D eigenvalue weighted by molar-refractivity contribution is 7.98. The van der Waals surface area contributed by atoms with Crippen LogP contribution in [0.1, 0.15) is 31.1 Å². The molecule has 0 aliphatic heterocycles. The molecule has 0 aliphatic rings. The van der Waals surface area contributed by atoms with Gasteiger partial charge in [-0.25, -0.2) is 9.78 Å². The number of rotatable bonds is 2. The third kappa shape index (κ3) is 3.48. The topological polar surface area (TPSA) is 39.2 Å². The molecule has 0 unspecified atom stereocenters. The lowest BCUT2D eigenvalue weighted by atomic mass is 10.2. The summed E-state index contributed by atoms with van der Waals surface area (Å²) in [5.74, 6) is -1.48. The van der Waals surface area contributed by atoms with Crippen LogP contribution in [-0.2, 0) is 4.74 Å². The maximum absolute atomic E-state index is 13.4. The first-order valence-electron chi connectivity index (χ1n) is 4.77. The van der Waals surface area contributed by atoms with E-state index in [1.165, 1.54) is 17.8 Å². The molecule has 1 heterocycles. The molecule has 0 amide bonds. The van der Waals surface area contributed by atoms with Gasteiger partial charge in [-0.15, -0.1) is 11.8 Å². The van der Waals surface area contributed by atoms with Crippen molar-refractivity contribution in [1.82, 2.24) is 4.98 Å². The Morgan fingerprint density at radius 1 is 1.44 bits per heavy atom. The van der Waals surface area contributed by atoms with Gasteiger partial charge in [0.2, 0.25) is 5.95 Å². The van der Waals surface area contributed by atoms with Crippen LogP contribution in [0.3, 0.4) is 0 Å². The molecule has 1 aromatic heterocycles. The van der Waals surface area contributed by atoms with E-state index in [1.807, 2.05) is 0 Å². The average molecular weight is 243 g/mol. The number of ether oxygens (including phenoxy) is 1. The monoisotopic (exact) mass is 243 g/mol. The summed E-state index contributed by atoms with van der Waals surface area (Å²) < 4.78 is 18.5. The normalized spacial score (nSPS) is 11.3. The summed E-state index contributed by atoms with van der Waals surface area (Å²) in [4.78, 5) is 15.2. The van der Waals surface area contributed by atoms with Gasteiger partial charge in [0, 0.05) is 0 Å². The zero-order valence-corrected chi connectivity index (χ0v) is 10.5. The highest BCUT2D eigenvalue weighted by Crippen LogP contribution is 2.17. The average Bonchev–Trinajstić information content (AvgIpc) is 2.14. The fourth-order valence-electron chi connectivity index (χ4n) is 1.02. The second kappa shape index (κ2) is 4.82. The van der Waals surface area contributed by atoms with Crippen molar-refractivity contribution >= 4 is 17.7 Å². The van der Waals surface area contributed by atoms with Crippen molar-refractivity contribution in [3.05, 3.63) is 23.6 Å².